The molecule has 26 heavy (non-hydrogen) atoms. The molecule has 132 valence electrons. The van der Waals surface area contributed by atoms with Crippen LogP contribution in [-0.4, -0.2) is 38.3 Å². The Morgan fingerprint density at radius 1 is 1.15 bits per heavy atom. The molecule has 0 aliphatic rings. The molecule has 3 heterocycles. The Bertz CT molecular complexity index is 1070. The van der Waals surface area contributed by atoms with E-state index in [-0.39, 0.29) is 11.8 Å². The maximum atomic E-state index is 13.3. The first kappa shape index (κ1) is 16.6. The van der Waals surface area contributed by atoms with Crippen LogP contribution in [-0.2, 0) is 6.54 Å². The zero-order valence-corrected chi connectivity index (χ0v) is 15.2. The molecule has 4 rings (SSSR count). The molecular weight excluding hydrogens is 351 g/mol. The number of hydrogen-bond acceptors (Lipinski definition) is 6. The topological polar surface area (TPSA) is 72.3 Å². The Morgan fingerprint density at radius 3 is 2.62 bits per heavy atom. The summed E-state index contributed by atoms with van der Waals surface area (Å²) in [5, 5.41) is 0. The van der Waals surface area contributed by atoms with E-state index in [9.17, 15) is 4.39 Å². The van der Waals surface area contributed by atoms with E-state index in [1.165, 1.54) is 17.0 Å². The molecule has 6 nitrogen and oxygen atoms in total. The lowest BCUT2D eigenvalue weighted by Crippen LogP contribution is -2.09. The van der Waals surface area contributed by atoms with Gasteiger partial charge in [-0.25, -0.2) is 19.3 Å². The average molecular weight is 368 g/mol. The number of nitrogens with zero attached hydrogens (tertiary/aromatic N) is 5. The van der Waals surface area contributed by atoms with E-state index in [4.69, 9.17) is 10.7 Å². The van der Waals surface area contributed by atoms with Gasteiger partial charge in [-0.3, -0.25) is 4.40 Å². The second kappa shape index (κ2) is 6.47. The summed E-state index contributed by atoms with van der Waals surface area (Å²) in [5.74, 6) is -0.0814. The minimum absolute atomic E-state index is 0.200. The summed E-state index contributed by atoms with van der Waals surface area (Å²) < 4.78 is 15.4. The predicted octanol–water partition coefficient (Wildman–Crippen LogP) is 3.30. The number of benzene rings is 1. The molecule has 0 atom stereocenters. The quantitative estimate of drug-likeness (QED) is 0.598. The first-order chi connectivity index (χ1) is 12.5. The highest BCUT2D eigenvalue weighted by Crippen LogP contribution is 2.34. The standard InChI is InChI=1S/C18H17FN6S/c1-24(2)9-13-10-25-16(14-7-8-21-17(20)22-14)15(23-18(25)26-13)11-3-5-12(19)6-4-11/h3-8,10H,9H2,1-2H3,(H2,20,21,22). The van der Waals surface area contributed by atoms with Crippen LogP contribution >= 0.6 is 11.3 Å². The van der Waals surface area contributed by atoms with Gasteiger partial charge in [0.05, 0.1) is 11.4 Å². The van der Waals surface area contributed by atoms with Crippen LogP contribution in [0.2, 0.25) is 0 Å². The van der Waals surface area contributed by atoms with Crippen LogP contribution in [0, 0.1) is 5.82 Å². The average Bonchev–Trinajstić information content (AvgIpc) is 3.11. The summed E-state index contributed by atoms with van der Waals surface area (Å²) in [4.78, 5) is 17.3. The van der Waals surface area contributed by atoms with E-state index >= 15 is 0 Å². The molecule has 2 N–H and O–H groups in total. The summed E-state index contributed by atoms with van der Waals surface area (Å²) in [6, 6.07) is 8.10. The van der Waals surface area contributed by atoms with E-state index in [1.807, 2.05) is 18.5 Å². The zero-order valence-electron chi connectivity index (χ0n) is 14.3. The Hall–Kier alpha value is -2.84. The molecule has 0 amide bonds. The molecule has 1 aromatic carbocycles. The number of rotatable bonds is 4. The number of fused-ring (bicyclic) bond motifs is 1. The van der Waals surface area contributed by atoms with Crippen molar-refractivity contribution >= 4 is 22.2 Å². The van der Waals surface area contributed by atoms with Crippen molar-refractivity contribution in [2.75, 3.05) is 19.8 Å². The monoisotopic (exact) mass is 368 g/mol. The van der Waals surface area contributed by atoms with Crippen molar-refractivity contribution in [3.8, 4) is 22.6 Å². The summed E-state index contributed by atoms with van der Waals surface area (Å²) in [6.45, 7) is 0.825. The van der Waals surface area contributed by atoms with Crippen molar-refractivity contribution in [1.82, 2.24) is 24.3 Å². The Balaban J connectivity index is 1.94. The van der Waals surface area contributed by atoms with Gasteiger partial charge in [0, 0.05) is 29.4 Å². The Morgan fingerprint density at radius 2 is 1.92 bits per heavy atom. The second-order valence-corrected chi connectivity index (χ2v) is 7.30. The van der Waals surface area contributed by atoms with Gasteiger partial charge in [-0.05, 0) is 44.4 Å². The molecule has 0 spiro atoms. The maximum Gasteiger partial charge on any atom is 0.220 e. The lowest BCUT2D eigenvalue weighted by atomic mass is 10.1. The van der Waals surface area contributed by atoms with Gasteiger partial charge in [0.15, 0.2) is 4.96 Å². The summed E-state index contributed by atoms with van der Waals surface area (Å²) in [7, 11) is 4.05. The van der Waals surface area contributed by atoms with Gasteiger partial charge in [-0.1, -0.05) is 11.3 Å². The molecule has 0 fully saturated rings. The number of nitrogen functional groups attached to an aromatic ring is 1. The number of imidazole rings is 1. The number of hydrogen-bond donors (Lipinski definition) is 1. The van der Waals surface area contributed by atoms with E-state index in [0.29, 0.717) is 5.69 Å². The highest BCUT2D eigenvalue weighted by Gasteiger charge is 2.19. The van der Waals surface area contributed by atoms with Gasteiger partial charge in [-0.15, -0.1) is 0 Å². The molecule has 0 saturated heterocycles. The number of anilines is 1. The third kappa shape index (κ3) is 3.04. The van der Waals surface area contributed by atoms with Gasteiger partial charge in [0.25, 0.3) is 0 Å². The smallest absolute Gasteiger partial charge is 0.220 e. The number of nitrogens with two attached hydrogens (primary N) is 1. The predicted molar refractivity (Wildman–Crippen MR) is 101 cm³/mol. The van der Waals surface area contributed by atoms with Crippen molar-refractivity contribution < 1.29 is 4.39 Å². The second-order valence-electron chi connectivity index (χ2n) is 6.20. The van der Waals surface area contributed by atoms with Gasteiger partial charge in [0.1, 0.15) is 11.5 Å². The number of thiazole rings is 1. The van der Waals surface area contributed by atoms with Crippen LogP contribution in [0.4, 0.5) is 10.3 Å². The summed E-state index contributed by atoms with van der Waals surface area (Å²) in [6.07, 6.45) is 3.69. The Kier molecular flexibility index (Phi) is 4.14. The van der Waals surface area contributed by atoms with Crippen LogP contribution in [0.25, 0.3) is 27.6 Å². The minimum Gasteiger partial charge on any atom is -0.368 e. The molecule has 4 aromatic rings. The van der Waals surface area contributed by atoms with Crippen LogP contribution in [0.3, 0.4) is 0 Å². The number of halogens is 1. The molecule has 8 heteroatoms. The van der Waals surface area contributed by atoms with Crippen molar-refractivity contribution in [1.29, 1.82) is 0 Å². The molecule has 0 aliphatic heterocycles. The SMILES string of the molecule is CN(C)Cc1cn2c(-c3ccnc(N)n3)c(-c3ccc(F)cc3)nc2s1. The van der Waals surface area contributed by atoms with Crippen molar-refractivity contribution in [3.05, 3.63) is 53.4 Å². The maximum absolute atomic E-state index is 13.3. The largest absolute Gasteiger partial charge is 0.368 e. The molecule has 0 bridgehead atoms. The summed E-state index contributed by atoms with van der Waals surface area (Å²) >= 11 is 1.62. The van der Waals surface area contributed by atoms with Gasteiger partial charge in [0.2, 0.25) is 5.95 Å². The van der Waals surface area contributed by atoms with Gasteiger partial charge >= 0.3 is 0 Å². The fourth-order valence-electron chi connectivity index (χ4n) is 2.84. The first-order valence-corrected chi connectivity index (χ1v) is 8.83. The lowest BCUT2D eigenvalue weighted by Gasteiger charge is -2.07. The van der Waals surface area contributed by atoms with E-state index < -0.39 is 0 Å². The molecule has 3 aromatic heterocycles. The van der Waals surface area contributed by atoms with Crippen molar-refractivity contribution in [2.24, 2.45) is 0 Å². The fourth-order valence-corrected chi connectivity index (χ4v) is 3.93. The molecule has 0 saturated carbocycles. The highest BCUT2D eigenvalue weighted by molar-refractivity contribution is 7.17. The Labute approximate surface area is 153 Å². The van der Waals surface area contributed by atoms with Gasteiger partial charge < -0.3 is 10.6 Å². The number of aromatic nitrogens is 4. The van der Waals surface area contributed by atoms with Crippen LogP contribution in [0.1, 0.15) is 4.88 Å². The lowest BCUT2D eigenvalue weighted by molar-refractivity contribution is 0.406. The minimum atomic E-state index is -0.282. The third-order valence-electron chi connectivity index (χ3n) is 3.88. The highest BCUT2D eigenvalue weighted by atomic mass is 32.1. The molecule has 0 radical (unpaired) electrons. The molecule has 0 aliphatic carbocycles. The van der Waals surface area contributed by atoms with Gasteiger partial charge in [-0.2, -0.15) is 0 Å². The van der Waals surface area contributed by atoms with Crippen molar-refractivity contribution in [2.45, 2.75) is 6.54 Å². The van der Waals surface area contributed by atoms with Crippen LogP contribution in [0.15, 0.2) is 42.7 Å². The molecular formula is C18H17FN6S. The first-order valence-electron chi connectivity index (χ1n) is 8.01. The fraction of sp³-hybridized carbons (Fsp3) is 0.167. The van der Waals surface area contributed by atoms with E-state index in [0.717, 1.165) is 28.5 Å². The third-order valence-corrected chi connectivity index (χ3v) is 4.85. The van der Waals surface area contributed by atoms with Crippen LogP contribution < -0.4 is 5.73 Å². The zero-order chi connectivity index (χ0) is 18.3. The van der Waals surface area contributed by atoms with Crippen molar-refractivity contribution in [3.63, 3.8) is 0 Å². The molecule has 0 unspecified atom stereocenters. The summed E-state index contributed by atoms with van der Waals surface area (Å²) in [5.41, 5.74) is 8.85. The normalized spacial score (nSPS) is 11.5. The van der Waals surface area contributed by atoms with Crippen LogP contribution in [0.5, 0.6) is 0 Å². The van der Waals surface area contributed by atoms with E-state index in [2.05, 4.69) is 21.1 Å². The van der Waals surface area contributed by atoms with E-state index in [1.54, 1.807) is 35.7 Å².